The van der Waals surface area contributed by atoms with Gasteiger partial charge in [-0.2, -0.15) is 0 Å². The Hall–Kier alpha value is -2.83. The normalized spacial score (nSPS) is 21.6. The van der Waals surface area contributed by atoms with E-state index in [1.165, 1.54) is 18.1 Å². The molecule has 5 nitrogen and oxygen atoms in total. The number of nitrogens with one attached hydrogen (secondary N) is 3. The van der Waals surface area contributed by atoms with Gasteiger partial charge in [0.25, 0.3) is 0 Å². The standard InChI is InChI=1S/C28H40FN5/c1-7-19(4)16-27(20(5)29)32-26-10-13-31-28(21(6)33-30)24-9-8-23(17-25(24)26)22-11-14-34(15-12-22)18(2)3/h7-9,11,16-18,26,31-33H,1,10,12-15,30H2,2-6H3/b19-16-,27-20-,28-21-. The molecule has 0 bridgehead atoms. The summed E-state index contributed by atoms with van der Waals surface area (Å²) < 4.78 is 14.5. The van der Waals surface area contributed by atoms with Crippen LogP contribution in [0.3, 0.4) is 0 Å². The molecule has 2 heterocycles. The van der Waals surface area contributed by atoms with Gasteiger partial charge in [0.15, 0.2) is 0 Å². The molecule has 0 saturated carbocycles. The monoisotopic (exact) mass is 465 g/mol. The first kappa shape index (κ1) is 25.8. The summed E-state index contributed by atoms with van der Waals surface area (Å²) in [5.41, 5.74) is 10.9. The van der Waals surface area contributed by atoms with Crippen molar-refractivity contribution >= 4 is 11.3 Å². The van der Waals surface area contributed by atoms with Gasteiger partial charge in [0.1, 0.15) is 5.83 Å². The molecule has 2 aliphatic rings. The number of hydrogen-bond donors (Lipinski definition) is 4. The molecule has 5 N–H and O–H groups in total. The first-order valence-corrected chi connectivity index (χ1v) is 12.2. The van der Waals surface area contributed by atoms with Gasteiger partial charge in [-0.1, -0.05) is 30.9 Å². The smallest absolute Gasteiger partial charge is 0.120 e. The summed E-state index contributed by atoms with van der Waals surface area (Å²) in [5, 5.41) is 7.01. The summed E-state index contributed by atoms with van der Waals surface area (Å²) in [5.74, 6) is 5.53. The second kappa shape index (κ2) is 11.5. The van der Waals surface area contributed by atoms with Gasteiger partial charge in [0.05, 0.1) is 17.4 Å². The lowest BCUT2D eigenvalue weighted by molar-refractivity contribution is 0.245. The molecule has 1 atom stereocenters. The molecule has 1 unspecified atom stereocenters. The first-order valence-electron chi connectivity index (χ1n) is 12.2. The van der Waals surface area contributed by atoms with Crippen LogP contribution in [0.5, 0.6) is 0 Å². The zero-order valence-corrected chi connectivity index (χ0v) is 21.3. The molecule has 0 saturated heterocycles. The fraction of sp³-hybridized carbons (Fsp3) is 0.429. The van der Waals surface area contributed by atoms with Crippen LogP contribution >= 0.6 is 0 Å². The molecule has 2 aliphatic heterocycles. The van der Waals surface area contributed by atoms with Crippen LogP contribution in [0.4, 0.5) is 4.39 Å². The third kappa shape index (κ3) is 5.99. The highest BCUT2D eigenvalue weighted by Crippen LogP contribution is 2.34. The zero-order valence-electron chi connectivity index (χ0n) is 21.3. The van der Waals surface area contributed by atoms with Crippen LogP contribution in [-0.4, -0.2) is 30.6 Å². The summed E-state index contributed by atoms with van der Waals surface area (Å²) in [6, 6.07) is 7.12. The summed E-state index contributed by atoms with van der Waals surface area (Å²) in [6.45, 7) is 16.4. The van der Waals surface area contributed by atoms with Crippen LogP contribution in [-0.2, 0) is 0 Å². The van der Waals surface area contributed by atoms with E-state index in [9.17, 15) is 4.39 Å². The van der Waals surface area contributed by atoms with E-state index in [4.69, 9.17) is 5.84 Å². The van der Waals surface area contributed by atoms with Gasteiger partial charge in [0, 0.05) is 36.9 Å². The third-order valence-electron chi connectivity index (χ3n) is 6.76. The molecule has 0 fully saturated rings. The van der Waals surface area contributed by atoms with Crippen LogP contribution < -0.4 is 21.9 Å². The Morgan fingerprint density at radius 3 is 2.65 bits per heavy atom. The van der Waals surface area contributed by atoms with E-state index in [1.54, 1.807) is 6.08 Å². The third-order valence-corrected chi connectivity index (χ3v) is 6.76. The number of hydrogen-bond acceptors (Lipinski definition) is 5. The lowest BCUT2D eigenvalue weighted by Crippen LogP contribution is -2.34. The van der Waals surface area contributed by atoms with Crippen LogP contribution in [0, 0.1) is 0 Å². The number of benzene rings is 1. The Balaban J connectivity index is 2.06. The van der Waals surface area contributed by atoms with Gasteiger partial charge in [0.2, 0.25) is 0 Å². The van der Waals surface area contributed by atoms with Crippen molar-refractivity contribution in [2.24, 2.45) is 5.84 Å². The number of fused-ring (bicyclic) bond motifs is 1. The van der Waals surface area contributed by atoms with E-state index in [0.29, 0.717) is 11.7 Å². The number of nitrogens with two attached hydrogens (primary N) is 1. The van der Waals surface area contributed by atoms with E-state index >= 15 is 0 Å². The van der Waals surface area contributed by atoms with E-state index in [-0.39, 0.29) is 11.9 Å². The zero-order chi connectivity index (χ0) is 24.8. The quantitative estimate of drug-likeness (QED) is 0.250. The minimum absolute atomic E-state index is 0.0588. The first-order chi connectivity index (χ1) is 16.2. The summed E-state index contributed by atoms with van der Waals surface area (Å²) in [4.78, 5) is 2.48. The van der Waals surface area contributed by atoms with Crippen LogP contribution in [0.2, 0.25) is 0 Å². The lowest BCUT2D eigenvalue weighted by Gasteiger charge is -2.30. The molecule has 184 valence electrons. The summed E-state index contributed by atoms with van der Waals surface area (Å²) in [7, 11) is 0. The molecule has 0 aromatic heterocycles. The Morgan fingerprint density at radius 2 is 2.06 bits per heavy atom. The predicted octanol–water partition coefficient (Wildman–Crippen LogP) is 5.29. The number of halogens is 1. The van der Waals surface area contributed by atoms with E-state index in [1.807, 2.05) is 19.9 Å². The van der Waals surface area contributed by atoms with Gasteiger partial charge in [-0.25, -0.2) is 4.39 Å². The Labute approximate surface area is 204 Å². The second-order valence-electron chi connectivity index (χ2n) is 9.47. The van der Waals surface area contributed by atoms with Crippen LogP contribution in [0.25, 0.3) is 11.3 Å². The SMILES string of the molecule is C=C/C(C)=C\C(NC1CCN/C(=C(/C)NN)c2ccc(C3=CCN(C(C)C)CC3)cc21)=C(/C)F. The van der Waals surface area contributed by atoms with Crippen LogP contribution in [0.15, 0.2) is 65.8 Å². The van der Waals surface area contributed by atoms with Crippen molar-refractivity contribution in [1.82, 2.24) is 21.0 Å². The van der Waals surface area contributed by atoms with Crippen molar-refractivity contribution < 1.29 is 4.39 Å². The fourth-order valence-corrected chi connectivity index (χ4v) is 4.56. The molecule has 3 rings (SSSR count). The number of hydrazine groups is 1. The molecular weight excluding hydrogens is 425 g/mol. The van der Waals surface area contributed by atoms with Gasteiger partial charge < -0.3 is 16.1 Å². The maximum absolute atomic E-state index is 14.5. The van der Waals surface area contributed by atoms with E-state index in [0.717, 1.165) is 60.6 Å². The fourth-order valence-electron chi connectivity index (χ4n) is 4.56. The lowest BCUT2D eigenvalue weighted by atomic mass is 9.90. The van der Waals surface area contributed by atoms with Crippen LogP contribution in [0.1, 0.15) is 70.2 Å². The number of rotatable bonds is 7. The average molecular weight is 466 g/mol. The summed E-state index contributed by atoms with van der Waals surface area (Å²) >= 11 is 0. The van der Waals surface area contributed by atoms with Crippen molar-refractivity contribution in [3.05, 3.63) is 82.5 Å². The molecule has 0 amide bonds. The number of allylic oxidation sites excluding steroid dienone is 5. The second-order valence-corrected chi connectivity index (χ2v) is 9.47. The molecule has 0 aliphatic carbocycles. The highest BCUT2D eigenvalue weighted by molar-refractivity contribution is 5.75. The molecular formula is C28H40FN5. The van der Waals surface area contributed by atoms with Crippen molar-refractivity contribution in [1.29, 1.82) is 0 Å². The maximum Gasteiger partial charge on any atom is 0.120 e. The Bertz CT molecular complexity index is 1030. The van der Waals surface area contributed by atoms with Gasteiger partial charge in [-0.05, 0) is 81.9 Å². The Kier molecular flexibility index (Phi) is 8.75. The largest absolute Gasteiger partial charge is 0.383 e. The minimum Gasteiger partial charge on any atom is -0.383 e. The van der Waals surface area contributed by atoms with E-state index in [2.05, 4.69) is 65.7 Å². The van der Waals surface area contributed by atoms with Gasteiger partial charge >= 0.3 is 0 Å². The van der Waals surface area contributed by atoms with Gasteiger partial charge in [-0.3, -0.25) is 10.7 Å². The van der Waals surface area contributed by atoms with Crippen molar-refractivity contribution in [2.75, 3.05) is 19.6 Å². The van der Waals surface area contributed by atoms with Crippen molar-refractivity contribution in [2.45, 2.75) is 59.5 Å². The van der Waals surface area contributed by atoms with Crippen molar-refractivity contribution in [3.8, 4) is 0 Å². The number of nitrogens with zero attached hydrogens (tertiary/aromatic N) is 1. The highest BCUT2D eigenvalue weighted by Gasteiger charge is 2.25. The topological polar surface area (TPSA) is 65.3 Å². The minimum atomic E-state index is -0.240. The summed E-state index contributed by atoms with van der Waals surface area (Å²) in [6.07, 6.45) is 7.72. The molecule has 1 aromatic rings. The van der Waals surface area contributed by atoms with Gasteiger partial charge in [-0.15, -0.1) is 0 Å². The molecule has 0 radical (unpaired) electrons. The maximum atomic E-state index is 14.5. The molecule has 6 heteroatoms. The highest BCUT2D eigenvalue weighted by atomic mass is 19.1. The predicted molar refractivity (Wildman–Crippen MR) is 142 cm³/mol. The Morgan fingerprint density at radius 1 is 1.29 bits per heavy atom. The molecule has 1 aromatic carbocycles. The molecule has 34 heavy (non-hydrogen) atoms. The van der Waals surface area contributed by atoms with Crippen molar-refractivity contribution in [3.63, 3.8) is 0 Å². The van der Waals surface area contributed by atoms with E-state index < -0.39 is 0 Å². The molecule has 0 spiro atoms. The average Bonchev–Trinajstić information content (AvgIpc) is 3.02.